The molecule has 4 heteroatoms. The van der Waals surface area contributed by atoms with E-state index in [1.807, 2.05) is 0 Å². The van der Waals surface area contributed by atoms with Gasteiger partial charge in [0.25, 0.3) is 0 Å². The Balaban J connectivity index is 1.46. The van der Waals surface area contributed by atoms with E-state index in [-0.39, 0.29) is 6.17 Å². The van der Waals surface area contributed by atoms with E-state index in [2.05, 4.69) is 33.7 Å². The van der Waals surface area contributed by atoms with Crippen LogP contribution in [0.3, 0.4) is 0 Å². The van der Waals surface area contributed by atoms with Gasteiger partial charge < -0.3 is 10.2 Å². The normalized spacial score (nSPS) is 32.5. The molecule has 2 heterocycles. The lowest BCUT2D eigenvalue weighted by atomic mass is 9.90. The second-order valence-electron chi connectivity index (χ2n) is 7.65. The summed E-state index contributed by atoms with van der Waals surface area (Å²) in [5.74, 6) is 1.34. The van der Waals surface area contributed by atoms with Crippen molar-refractivity contribution in [3.8, 4) is 0 Å². The van der Waals surface area contributed by atoms with Gasteiger partial charge in [-0.15, -0.1) is 0 Å². The first-order valence-corrected chi connectivity index (χ1v) is 9.73. The summed E-state index contributed by atoms with van der Waals surface area (Å²) in [6, 6.07) is 1.26. The third kappa shape index (κ3) is 3.46. The van der Waals surface area contributed by atoms with Gasteiger partial charge in [0.2, 0.25) is 5.96 Å². The molecule has 0 aromatic carbocycles. The molecule has 4 rings (SSSR count). The first-order chi connectivity index (χ1) is 11.4. The maximum absolute atomic E-state index is 5.04. The third-order valence-corrected chi connectivity index (χ3v) is 5.95. The Labute approximate surface area is 140 Å². The fourth-order valence-corrected chi connectivity index (χ4v) is 4.62. The van der Waals surface area contributed by atoms with Crippen LogP contribution in [0.1, 0.15) is 70.6 Å². The minimum absolute atomic E-state index is 0.270. The average Bonchev–Trinajstić information content (AvgIpc) is 2.63. The smallest absolute Gasteiger partial charge is 0.219 e. The fraction of sp³-hybridized carbons (Fsp3) is 0.789. The highest BCUT2D eigenvalue weighted by atomic mass is 15.3. The SMILES string of the molecule is C1=CN(C2CCCCC2)C2N=C(NC3CCCCC3)N=CC2C1. The molecule has 2 aliphatic carbocycles. The van der Waals surface area contributed by atoms with Gasteiger partial charge in [-0.25, -0.2) is 9.98 Å². The van der Waals surface area contributed by atoms with Gasteiger partial charge in [-0.1, -0.05) is 44.6 Å². The lowest BCUT2D eigenvalue weighted by Crippen LogP contribution is -2.49. The molecule has 0 aromatic rings. The zero-order valence-electron chi connectivity index (χ0n) is 14.2. The summed E-state index contributed by atoms with van der Waals surface area (Å²) in [5.41, 5.74) is 0. The van der Waals surface area contributed by atoms with Crippen molar-refractivity contribution in [2.45, 2.75) is 88.9 Å². The average molecular weight is 314 g/mol. The van der Waals surface area contributed by atoms with E-state index in [0.717, 1.165) is 12.4 Å². The molecule has 2 atom stereocenters. The van der Waals surface area contributed by atoms with Crippen LogP contribution in [-0.2, 0) is 0 Å². The van der Waals surface area contributed by atoms with E-state index < -0.39 is 0 Å². The largest absolute Gasteiger partial charge is 0.353 e. The predicted octanol–water partition coefficient (Wildman–Crippen LogP) is 3.84. The van der Waals surface area contributed by atoms with Crippen LogP contribution in [-0.4, -0.2) is 35.3 Å². The quantitative estimate of drug-likeness (QED) is 0.841. The Kier molecular flexibility index (Phi) is 4.67. The summed E-state index contributed by atoms with van der Waals surface area (Å²) in [6.07, 6.45) is 21.6. The topological polar surface area (TPSA) is 40.0 Å². The summed E-state index contributed by atoms with van der Waals surface area (Å²) >= 11 is 0. The standard InChI is InChI=1S/C19H30N4/c1-3-9-16(10-4-1)21-19-20-14-15-8-7-13-23(18(15)22-19)17-11-5-2-6-12-17/h7,13-18H,1-6,8-12H2,(H,21,22). The summed E-state index contributed by atoms with van der Waals surface area (Å²) in [7, 11) is 0. The number of rotatable bonds is 2. The molecule has 2 aliphatic heterocycles. The second-order valence-corrected chi connectivity index (χ2v) is 7.65. The molecule has 4 nitrogen and oxygen atoms in total. The highest BCUT2D eigenvalue weighted by molar-refractivity contribution is 5.90. The Bertz CT molecular complexity index is 484. The summed E-state index contributed by atoms with van der Waals surface area (Å²) in [4.78, 5) is 12.2. The second kappa shape index (κ2) is 7.06. The number of hydrogen-bond donors (Lipinski definition) is 1. The fourth-order valence-electron chi connectivity index (χ4n) is 4.62. The Morgan fingerprint density at radius 3 is 2.48 bits per heavy atom. The van der Waals surface area contributed by atoms with E-state index in [0.29, 0.717) is 18.0 Å². The van der Waals surface area contributed by atoms with Gasteiger partial charge in [0, 0.05) is 24.2 Å². The zero-order valence-corrected chi connectivity index (χ0v) is 14.2. The molecule has 0 saturated heterocycles. The number of fused-ring (bicyclic) bond motifs is 1. The van der Waals surface area contributed by atoms with Crippen LogP contribution in [0.5, 0.6) is 0 Å². The molecule has 0 radical (unpaired) electrons. The van der Waals surface area contributed by atoms with E-state index in [1.54, 1.807) is 0 Å². The molecule has 2 unspecified atom stereocenters. The molecular weight excluding hydrogens is 284 g/mol. The van der Waals surface area contributed by atoms with E-state index in [9.17, 15) is 0 Å². The van der Waals surface area contributed by atoms with Gasteiger partial charge in [0.1, 0.15) is 6.17 Å². The van der Waals surface area contributed by atoms with Crippen LogP contribution in [0.25, 0.3) is 0 Å². The number of aliphatic imine (C=N–C) groups is 2. The van der Waals surface area contributed by atoms with E-state index >= 15 is 0 Å². The first-order valence-electron chi connectivity index (χ1n) is 9.73. The lowest BCUT2D eigenvalue weighted by molar-refractivity contribution is 0.135. The summed E-state index contributed by atoms with van der Waals surface area (Å²) in [5, 5.41) is 3.62. The van der Waals surface area contributed by atoms with Crippen LogP contribution in [0.2, 0.25) is 0 Å². The predicted molar refractivity (Wildman–Crippen MR) is 95.7 cm³/mol. The zero-order chi connectivity index (χ0) is 15.5. The van der Waals surface area contributed by atoms with Crippen molar-refractivity contribution in [2.75, 3.05) is 0 Å². The van der Waals surface area contributed by atoms with Crippen molar-refractivity contribution < 1.29 is 0 Å². The highest BCUT2D eigenvalue weighted by Crippen LogP contribution is 2.31. The van der Waals surface area contributed by atoms with Crippen molar-refractivity contribution in [3.05, 3.63) is 12.3 Å². The molecule has 2 fully saturated rings. The van der Waals surface area contributed by atoms with Crippen molar-refractivity contribution in [2.24, 2.45) is 15.9 Å². The number of guanidine groups is 1. The minimum atomic E-state index is 0.270. The Morgan fingerprint density at radius 2 is 1.70 bits per heavy atom. The molecule has 0 spiro atoms. The summed E-state index contributed by atoms with van der Waals surface area (Å²) < 4.78 is 0. The molecule has 0 aromatic heterocycles. The number of nitrogens with one attached hydrogen (secondary N) is 1. The molecule has 2 saturated carbocycles. The van der Waals surface area contributed by atoms with Crippen LogP contribution in [0.4, 0.5) is 0 Å². The highest BCUT2D eigenvalue weighted by Gasteiger charge is 2.34. The molecule has 4 aliphatic rings. The van der Waals surface area contributed by atoms with Gasteiger partial charge in [0.15, 0.2) is 0 Å². The number of hydrogen-bond acceptors (Lipinski definition) is 4. The summed E-state index contributed by atoms with van der Waals surface area (Å²) in [6.45, 7) is 0. The van der Waals surface area contributed by atoms with Gasteiger partial charge in [-0.05, 0) is 38.3 Å². The molecule has 23 heavy (non-hydrogen) atoms. The van der Waals surface area contributed by atoms with Crippen molar-refractivity contribution >= 4 is 12.2 Å². The monoisotopic (exact) mass is 314 g/mol. The minimum Gasteiger partial charge on any atom is -0.353 e. The first kappa shape index (κ1) is 15.2. The molecular formula is C19H30N4. The van der Waals surface area contributed by atoms with Gasteiger partial charge >= 0.3 is 0 Å². The van der Waals surface area contributed by atoms with E-state index in [4.69, 9.17) is 4.99 Å². The van der Waals surface area contributed by atoms with Crippen LogP contribution in [0.15, 0.2) is 22.3 Å². The lowest BCUT2D eigenvalue weighted by Gasteiger charge is -2.43. The van der Waals surface area contributed by atoms with Crippen LogP contribution < -0.4 is 5.32 Å². The van der Waals surface area contributed by atoms with Gasteiger partial charge in [-0.2, -0.15) is 0 Å². The Morgan fingerprint density at radius 1 is 0.957 bits per heavy atom. The van der Waals surface area contributed by atoms with Gasteiger partial charge in [-0.3, -0.25) is 0 Å². The molecule has 0 bridgehead atoms. The van der Waals surface area contributed by atoms with Crippen molar-refractivity contribution in [3.63, 3.8) is 0 Å². The van der Waals surface area contributed by atoms with Crippen LogP contribution in [0, 0.1) is 5.92 Å². The van der Waals surface area contributed by atoms with E-state index in [1.165, 1.54) is 64.2 Å². The van der Waals surface area contributed by atoms with Crippen molar-refractivity contribution in [1.82, 2.24) is 10.2 Å². The number of allylic oxidation sites excluding steroid dienone is 1. The Hall–Kier alpha value is -1.32. The molecule has 1 N–H and O–H groups in total. The molecule has 126 valence electrons. The third-order valence-electron chi connectivity index (χ3n) is 5.95. The maximum atomic E-state index is 5.04. The van der Waals surface area contributed by atoms with Crippen LogP contribution >= 0.6 is 0 Å². The molecule has 0 amide bonds. The van der Waals surface area contributed by atoms with Gasteiger partial charge in [0.05, 0.1) is 0 Å². The van der Waals surface area contributed by atoms with Crippen molar-refractivity contribution in [1.29, 1.82) is 0 Å². The number of nitrogens with zero attached hydrogens (tertiary/aromatic N) is 3. The maximum Gasteiger partial charge on any atom is 0.219 e.